The Morgan fingerprint density at radius 2 is 2.11 bits per heavy atom. The van der Waals surface area contributed by atoms with Crippen molar-refractivity contribution in [3.63, 3.8) is 0 Å². The molecule has 0 unspecified atom stereocenters. The predicted molar refractivity (Wildman–Crippen MR) is 72.0 cm³/mol. The van der Waals surface area contributed by atoms with Crippen molar-refractivity contribution < 1.29 is 0 Å². The van der Waals surface area contributed by atoms with E-state index in [1.54, 1.807) is 10.7 Å². The van der Waals surface area contributed by atoms with E-state index in [0.717, 1.165) is 11.4 Å². The minimum Gasteiger partial charge on any atom is -0.368 e. The number of nitrogens with zero attached hydrogens (tertiary/aromatic N) is 4. The molecular weight excluding hydrogens is 252 g/mol. The van der Waals surface area contributed by atoms with Gasteiger partial charge in [0.2, 0.25) is 5.95 Å². The normalized spacial score (nSPS) is 10.9. The molecule has 0 amide bonds. The van der Waals surface area contributed by atoms with E-state index in [4.69, 9.17) is 17.3 Å². The summed E-state index contributed by atoms with van der Waals surface area (Å²) in [5.74, 6) is 1.01. The molecule has 0 bridgehead atoms. The summed E-state index contributed by atoms with van der Waals surface area (Å²) < 4.78 is 1.75. The van der Waals surface area contributed by atoms with Crippen LogP contribution in [0.1, 0.15) is 25.5 Å². The molecule has 18 heavy (non-hydrogen) atoms. The first-order chi connectivity index (χ1) is 8.45. The van der Waals surface area contributed by atoms with Crippen LogP contribution >= 0.6 is 11.6 Å². The van der Waals surface area contributed by atoms with Crippen LogP contribution in [-0.2, 0) is 7.05 Å². The van der Waals surface area contributed by atoms with E-state index in [1.165, 1.54) is 0 Å². The van der Waals surface area contributed by atoms with Gasteiger partial charge in [-0.3, -0.25) is 4.68 Å². The molecule has 6 nitrogen and oxygen atoms in total. The first-order valence-corrected chi connectivity index (χ1v) is 5.94. The summed E-state index contributed by atoms with van der Waals surface area (Å²) in [6.07, 6.45) is 1.89. The number of hydrogen-bond donors (Lipinski definition) is 2. The Labute approximate surface area is 110 Å². The minimum atomic E-state index is 0.139. The van der Waals surface area contributed by atoms with E-state index in [0.29, 0.717) is 16.9 Å². The first-order valence-electron chi connectivity index (χ1n) is 5.56. The van der Waals surface area contributed by atoms with Crippen LogP contribution in [0, 0.1) is 0 Å². The summed E-state index contributed by atoms with van der Waals surface area (Å²) in [6.45, 7) is 4.16. The Morgan fingerprint density at radius 1 is 1.39 bits per heavy atom. The van der Waals surface area contributed by atoms with Gasteiger partial charge in [0.1, 0.15) is 11.0 Å². The maximum atomic E-state index is 5.83. The molecule has 2 heterocycles. The number of aromatic nitrogens is 4. The standard InChI is InChI=1S/C11H15ClN6/c1-6(2)10-7(5-18(3)17-10)14-9-4-8(12)15-11(13)16-9/h4-6H,1-3H3,(H3,13,14,15,16). The molecule has 96 valence electrons. The van der Waals surface area contributed by atoms with Gasteiger partial charge in [0, 0.05) is 19.3 Å². The SMILES string of the molecule is CC(C)c1nn(C)cc1Nc1cc(Cl)nc(N)n1. The third-order valence-corrected chi connectivity index (χ3v) is 2.57. The van der Waals surface area contributed by atoms with E-state index in [-0.39, 0.29) is 5.95 Å². The van der Waals surface area contributed by atoms with Crippen LogP contribution in [0.4, 0.5) is 17.5 Å². The smallest absolute Gasteiger partial charge is 0.223 e. The van der Waals surface area contributed by atoms with Gasteiger partial charge in [0.15, 0.2) is 0 Å². The van der Waals surface area contributed by atoms with Crippen molar-refractivity contribution in [3.8, 4) is 0 Å². The molecular formula is C11H15ClN6. The van der Waals surface area contributed by atoms with Crippen LogP contribution in [0.3, 0.4) is 0 Å². The fourth-order valence-corrected chi connectivity index (χ4v) is 1.86. The summed E-state index contributed by atoms with van der Waals surface area (Å²) >= 11 is 5.83. The van der Waals surface area contributed by atoms with Gasteiger partial charge in [-0.25, -0.2) is 4.98 Å². The van der Waals surface area contributed by atoms with Crippen LogP contribution in [-0.4, -0.2) is 19.7 Å². The fraction of sp³-hybridized carbons (Fsp3) is 0.364. The lowest BCUT2D eigenvalue weighted by molar-refractivity contribution is 0.713. The van der Waals surface area contributed by atoms with Crippen molar-refractivity contribution in [2.24, 2.45) is 7.05 Å². The highest BCUT2D eigenvalue weighted by molar-refractivity contribution is 6.29. The zero-order chi connectivity index (χ0) is 13.3. The van der Waals surface area contributed by atoms with Gasteiger partial charge in [-0.05, 0) is 5.92 Å². The number of aryl methyl sites for hydroxylation is 1. The second-order valence-corrected chi connectivity index (χ2v) is 4.70. The molecule has 0 aromatic carbocycles. The first kappa shape index (κ1) is 12.6. The molecule has 0 aliphatic carbocycles. The zero-order valence-corrected chi connectivity index (χ0v) is 11.2. The van der Waals surface area contributed by atoms with E-state index in [9.17, 15) is 0 Å². The highest BCUT2D eigenvalue weighted by Gasteiger charge is 2.12. The van der Waals surface area contributed by atoms with Crippen LogP contribution in [0.5, 0.6) is 0 Å². The van der Waals surface area contributed by atoms with E-state index >= 15 is 0 Å². The van der Waals surface area contributed by atoms with Gasteiger partial charge in [-0.2, -0.15) is 10.1 Å². The van der Waals surface area contributed by atoms with Crippen LogP contribution in [0.2, 0.25) is 5.15 Å². The van der Waals surface area contributed by atoms with Gasteiger partial charge in [-0.15, -0.1) is 0 Å². The number of anilines is 3. The number of halogens is 1. The van der Waals surface area contributed by atoms with Gasteiger partial charge < -0.3 is 11.1 Å². The second kappa shape index (κ2) is 4.81. The maximum Gasteiger partial charge on any atom is 0.223 e. The third-order valence-electron chi connectivity index (χ3n) is 2.38. The van der Waals surface area contributed by atoms with E-state index < -0.39 is 0 Å². The average Bonchev–Trinajstić information content (AvgIpc) is 2.57. The molecule has 2 aromatic heterocycles. The van der Waals surface area contributed by atoms with Crippen LogP contribution in [0.15, 0.2) is 12.3 Å². The van der Waals surface area contributed by atoms with Crippen molar-refractivity contribution in [1.29, 1.82) is 0 Å². The largest absolute Gasteiger partial charge is 0.368 e. The number of rotatable bonds is 3. The van der Waals surface area contributed by atoms with Crippen molar-refractivity contribution in [2.75, 3.05) is 11.1 Å². The number of nitrogens with two attached hydrogens (primary N) is 1. The van der Waals surface area contributed by atoms with Crippen molar-refractivity contribution in [3.05, 3.63) is 23.1 Å². The Balaban J connectivity index is 2.33. The Bertz CT molecular complexity index is 542. The van der Waals surface area contributed by atoms with E-state index in [1.807, 2.05) is 13.2 Å². The summed E-state index contributed by atoms with van der Waals surface area (Å²) in [4.78, 5) is 7.88. The average molecular weight is 267 g/mol. The molecule has 2 rings (SSSR count). The lowest BCUT2D eigenvalue weighted by atomic mass is 10.1. The Morgan fingerprint density at radius 3 is 2.72 bits per heavy atom. The maximum absolute atomic E-state index is 5.83. The lowest BCUT2D eigenvalue weighted by Crippen LogP contribution is -2.01. The summed E-state index contributed by atoms with van der Waals surface area (Å²) in [7, 11) is 1.87. The molecule has 0 saturated carbocycles. The number of nitrogen functional groups attached to an aromatic ring is 1. The molecule has 0 fully saturated rings. The van der Waals surface area contributed by atoms with Crippen molar-refractivity contribution >= 4 is 29.1 Å². The predicted octanol–water partition coefficient (Wildman–Crippen LogP) is 2.31. The zero-order valence-electron chi connectivity index (χ0n) is 10.5. The minimum absolute atomic E-state index is 0.139. The third kappa shape index (κ3) is 2.70. The Hall–Kier alpha value is -1.82. The molecule has 2 aromatic rings. The van der Waals surface area contributed by atoms with Crippen LogP contribution < -0.4 is 11.1 Å². The monoisotopic (exact) mass is 266 g/mol. The molecule has 0 spiro atoms. The molecule has 0 aliphatic heterocycles. The quantitative estimate of drug-likeness (QED) is 0.833. The molecule has 7 heteroatoms. The molecule has 3 N–H and O–H groups in total. The van der Waals surface area contributed by atoms with Crippen molar-refractivity contribution in [2.45, 2.75) is 19.8 Å². The number of nitrogens with one attached hydrogen (secondary N) is 1. The second-order valence-electron chi connectivity index (χ2n) is 4.32. The van der Waals surface area contributed by atoms with Gasteiger partial charge in [0.05, 0.1) is 11.4 Å². The lowest BCUT2D eigenvalue weighted by Gasteiger charge is -2.08. The molecule has 0 radical (unpaired) electrons. The van der Waals surface area contributed by atoms with Gasteiger partial charge in [-0.1, -0.05) is 25.4 Å². The molecule has 0 saturated heterocycles. The van der Waals surface area contributed by atoms with Crippen LogP contribution in [0.25, 0.3) is 0 Å². The summed E-state index contributed by atoms with van der Waals surface area (Å²) in [5, 5.41) is 7.86. The summed E-state index contributed by atoms with van der Waals surface area (Å²) in [6, 6.07) is 1.62. The fourth-order valence-electron chi connectivity index (χ4n) is 1.67. The van der Waals surface area contributed by atoms with Gasteiger partial charge >= 0.3 is 0 Å². The highest BCUT2D eigenvalue weighted by atomic mass is 35.5. The highest BCUT2D eigenvalue weighted by Crippen LogP contribution is 2.25. The Kier molecular flexibility index (Phi) is 3.38. The topological polar surface area (TPSA) is 81.7 Å². The van der Waals surface area contributed by atoms with Crippen molar-refractivity contribution in [1.82, 2.24) is 19.7 Å². The molecule has 0 atom stereocenters. The van der Waals surface area contributed by atoms with E-state index in [2.05, 4.69) is 34.2 Å². The van der Waals surface area contributed by atoms with Gasteiger partial charge in [0.25, 0.3) is 0 Å². The molecule has 0 aliphatic rings. The number of hydrogen-bond acceptors (Lipinski definition) is 5. The summed E-state index contributed by atoms with van der Waals surface area (Å²) in [5.41, 5.74) is 7.40.